The Labute approximate surface area is 141 Å². The normalized spacial score (nSPS) is 22.3. The Balaban J connectivity index is 1.37. The molecule has 2 saturated heterocycles. The predicted molar refractivity (Wildman–Crippen MR) is 91.3 cm³/mol. The highest BCUT2D eigenvalue weighted by atomic mass is 32.1. The number of likely N-dealkylation sites (tertiary alicyclic amines) is 1. The van der Waals surface area contributed by atoms with Gasteiger partial charge >= 0.3 is 0 Å². The summed E-state index contributed by atoms with van der Waals surface area (Å²) in [5.41, 5.74) is 0. The predicted octanol–water partition coefficient (Wildman–Crippen LogP) is 1.25. The van der Waals surface area contributed by atoms with Gasteiger partial charge < -0.3 is 15.5 Å². The summed E-state index contributed by atoms with van der Waals surface area (Å²) in [6, 6.07) is 4.13. The molecule has 2 aliphatic rings. The van der Waals surface area contributed by atoms with Crippen LogP contribution < -0.4 is 10.6 Å². The van der Waals surface area contributed by atoms with Gasteiger partial charge in [-0.3, -0.25) is 9.59 Å². The van der Waals surface area contributed by atoms with Crippen LogP contribution in [0.1, 0.15) is 24.1 Å². The number of nitrogens with one attached hydrogen (secondary N) is 2. The topological polar surface area (TPSA) is 61.4 Å². The van der Waals surface area contributed by atoms with E-state index in [1.165, 1.54) is 4.88 Å². The molecule has 0 aliphatic carbocycles. The lowest BCUT2D eigenvalue weighted by Crippen LogP contribution is -2.45. The molecule has 2 aliphatic heterocycles. The average Bonchev–Trinajstić information content (AvgIpc) is 3.28. The lowest BCUT2D eigenvalue weighted by molar-refractivity contribution is -0.138. The Morgan fingerprint density at radius 3 is 2.74 bits per heavy atom. The van der Waals surface area contributed by atoms with Gasteiger partial charge in [-0.25, -0.2) is 0 Å². The van der Waals surface area contributed by atoms with Gasteiger partial charge in [0.1, 0.15) is 0 Å². The van der Waals surface area contributed by atoms with Crippen LogP contribution in [-0.4, -0.2) is 49.4 Å². The van der Waals surface area contributed by atoms with E-state index in [-0.39, 0.29) is 23.7 Å². The highest BCUT2D eigenvalue weighted by Crippen LogP contribution is 2.21. The van der Waals surface area contributed by atoms with Crippen molar-refractivity contribution in [2.45, 2.75) is 25.7 Å². The van der Waals surface area contributed by atoms with Gasteiger partial charge in [-0.05, 0) is 43.7 Å². The maximum atomic E-state index is 12.4. The first-order valence-electron chi connectivity index (χ1n) is 8.53. The summed E-state index contributed by atoms with van der Waals surface area (Å²) in [5.74, 6) is 0.623. The molecule has 2 amide bonds. The minimum absolute atomic E-state index is 0.0593. The molecule has 6 heteroatoms. The van der Waals surface area contributed by atoms with Crippen molar-refractivity contribution in [3.8, 4) is 0 Å². The Hall–Kier alpha value is -1.40. The molecule has 0 aromatic carbocycles. The van der Waals surface area contributed by atoms with Gasteiger partial charge in [0.25, 0.3) is 0 Å². The number of hydrogen-bond acceptors (Lipinski definition) is 4. The van der Waals surface area contributed by atoms with Gasteiger partial charge in [0.05, 0.1) is 5.92 Å². The lowest BCUT2D eigenvalue weighted by atomic mass is 9.94. The molecule has 3 rings (SSSR count). The van der Waals surface area contributed by atoms with Crippen LogP contribution in [0.5, 0.6) is 0 Å². The minimum atomic E-state index is 0.0593. The van der Waals surface area contributed by atoms with E-state index in [1.54, 1.807) is 11.3 Å². The van der Waals surface area contributed by atoms with Gasteiger partial charge in [0.2, 0.25) is 11.8 Å². The highest BCUT2D eigenvalue weighted by Gasteiger charge is 2.31. The van der Waals surface area contributed by atoms with Crippen molar-refractivity contribution in [3.63, 3.8) is 0 Å². The number of hydrogen-bond donors (Lipinski definition) is 2. The van der Waals surface area contributed by atoms with Crippen molar-refractivity contribution in [3.05, 3.63) is 22.4 Å². The number of thiophene rings is 1. The molecule has 23 heavy (non-hydrogen) atoms. The maximum Gasteiger partial charge on any atom is 0.227 e. The molecule has 2 fully saturated rings. The molecule has 1 aromatic heterocycles. The summed E-state index contributed by atoms with van der Waals surface area (Å²) in [5, 5.41) is 8.35. The van der Waals surface area contributed by atoms with Crippen molar-refractivity contribution >= 4 is 23.2 Å². The molecular weight excluding hydrogens is 310 g/mol. The van der Waals surface area contributed by atoms with Gasteiger partial charge in [0.15, 0.2) is 0 Å². The first kappa shape index (κ1) is 16.5. The second-order valence-corrected chi connectivity index (χ2v) is 7.44. The van der Waals surface area contributed by atoms with Crippen LogP contribution in [0, 0.1) is 11.8 Å². The summed E-state index contributed by atoms with van der Waals surface area (Å²) in [6.07, 6.45) is 3.42. The Kier molecular flexibility index (Phi) is 5.67. The van der Waals surface area contributed by atoms with Gasteiger partial charge in [-0.2, -0.15) is 0 Å². The lowest BCUT2D eigenvalue weighted by Gasteiger charge is -2.32. The van der Waals surface area contributed by atoms with Crippen molar-refractivity contribution in [1.82, 2.24) is 15.5 Å². The standard InChI is InChI=1S/C17H25N3O2S/c21-16(19-8-4-15-2-1-11-23-15)13-5-9-20(10-6-13)17(22)14-3-7-18-12-14/h1-2,11,13-14,18H,3-10,12H2,(H,19,21). The quantitative estimate of drug-likeness (QED) is 0.851. The zero-order chi connectivity index (χ0) is 16.1. The van der Waals surface area contributed by atoms with Crippen molar-refractivity contribution in [2.24, 2.45) is 11.8 Å². The molecule has 0 spiro atoms. The Morgan fingerprint density at radius 2 is 2.09 bits per heavy atom. The maximum absolute atomic E-state index is 12.4. The zero-order valence-corrected chi connectivity index (χ0v) is 14.2. The summed E-state index contributed by atoms with van der Waals surface area (Å²) in [7, 11) is 0. The number of piperidine rings is 1. The minimum Gasteiger partial charge on any atom is -0.355 e. The summed E-state index contributed by atoms with van der Waals surface area (Å²) in [4.78, 5) is 27.9. The van der Waals surface area contributed by atoms with E-state index in [9.17, 15) is 9.59 Å². The number of carbonyl (C=O) groups is 2. The van der Waals surface area contributed by atoms with E-state index in [0.717, 1.165) is 51.9 Å². The summed E-state index contributed by atoms with van der Waals surface area (Å²) < 4.78 is 0. The van der Waals surface area contributed by atoms with Crippen LogP contribution in [0.4, 0.5) is 0 Å². The smallest absolute Gasteiger partial charge is 0.227 e. The fourth-order valence-electron chi connectivity index (χ4n) is 3.39. The molecule has 1 atom stereocenters. The third kappa shape index (κ3) is 4.32. The summed E-state index contributed by atoms with van der Waals surface area (Å²) >= 11 is 1.73. The van der Waals surface area contributed by atoms with E-state index in [4.69, 9.17) is 0 Å². The van der Waals surface area contributed by atoms with Crippen molar-refractivity contribution < 1.29 is 9.59 Å². The third-order valence-corrected chi connectivity index (χ3v) is 5.77. The second-order valence-electron chi connectivity index (χ2n) is 6.41. The second kappa shape index (κ2) is 7.93. The van der Waals surface area contributed by atoms with Gasteiger partial charge in [0, 0.05) is 37.0 Å². The Bertz CT molecular complexity index is 518. The van der Waals surface area contributed by atoms with Gasteiger partial charge in [-0.15, -0.1) is 11.3 Å². The molecule has 0 radical (unpaired) electrons. The molecule has 1 aromatic rings. The monoisotopic (exact) mass is 335 g/mol. The molecular formula is C17H25N3O2S. The molecule has 1 unspecified atom stereocenters. The number of rotatable bonds is 5. The van der Waals surface area contributed by atoms with E-state index < -0.39 is 0 Å². The van der Waals surface area contributed by atoms with E-state index >= 15 is 0 Å². The Morgan fingerprint density at radius 1 is 1.26 bits per heavy atom. The molecule has 5 nitrogen and oxygen atoms in total. The number of amides is 2. The van der Waals surface area contributed by atoms with Crippen LogP contribution in [-0.2, 0) is 16.0 Å². The van der Waals surface area contributed by atoms with E-state index in [1.807, 2.05) is 11.0 Å². The van der Waals surface area contributed by atoms with Crippen LogP contribution in [0.15, 0.2) is 17.5 Å². The molecule has 2 N–H and O–H groups in total. The average molecular weight is 335 g/mol. The van der Waals surface area contributed by atoms with E-state index in [2.05, 4.69) is 22.1 Å². The first-order chi connectivity index (χ1) is 11.2. The zero-order valence-electron chi connectivity index (χ0n) is 13.4. The molecule has 3 heterocycles. The largest absolute Gasteiger partial charge is 0.355 e. The van der Waals surface area contributed by atoms with Crippen LogP contribution in [0.25, 0.3) is 0 Å². The summed E-state index contributed by atoms with van der Waals surface area (Å²) in [6.45, 7) is 3.89. The van der Waals surface area contributed by atoms with Crippen molar-refractivity contribution in [1.29, 1.82) is 0 Å². The fraction of sp³-hybridized carbons (Fsp3) is 0.647. The highest BCUT2D eigenvalue weighted by molar-refractivity contribution is 7.09. The fourth-order valence-corrected chi connectivity index (χ4v) is 4.10. The van der Waals surface area contributed by atoms with Crippen LogP contribution in [0.3, 0.4) is 0 Å². The molecule has 0 bridgehead atoms. The van der Waals surface area contributed by atoms with Crippen molar-refractivity contribution in [2.75, 3.05) is 32.7 Å². The molecule has 126 valence electrons. The molecule has 0 saturated carbocycles. The van der Waals surface area contributed by atoms with E-state index in [0.29, 0.717) is 6.54 Å². The third-order valence-electron chi connectivity index (χ3n) is 4.84. The number of carbonyl (C=O) groups excluding carboxylic acids is 2. The van der Waals surface area contributed by atoms with Gasteiger partial charge in [-0.1, -0.05) is 6.07 Å². The SMILES string of the molecule is O=C(NCCc1cccs1)C1CCN(C(=O)C2CCNC2)CC1. The first-order valence-corrected chi connectivity index (χ1v) is 9.41. The van der Waals surface area contributed by atoms with Crippen LogP contribution in [0.2, 0.25) is 0 Å². The van der Waals surface area contributed by atoms with Crippen LogP contribution >= 0.6 is 11.3 Å². The number of nitrogens with zero attached hydrogens (tertiary/aromatic N) is 1.